The van der Waals surface area contributed by atoms with E-state index in [2.05, 4.69) is 24.1 Å². The molecule has 1 fully saturated rings. The molecular formula is C14H30N2. The van der Waals surface area contributed by atoms with Crippen LogP contribution in [0.4, 0.5) is 0 Å². The van der Waals surface area contributed by atoms with Crippen LogP contribution in [0.15, 0.2) is 0 Å². The largest absolute Gasteiger partial charge is 0.315 e. The average molecular weight is 226 g/mol. The third-order valence-electron chi connectivity index (χ3n) is 3.75. The van der Waals surface area contributed by atoms with Gasteiger partial charge in [0, 0.05) is 19.1 Å². The summed E-state index contributed by atoms with van der Waals surface area (Å²) in [6.07, 6.45) is 9.64. The van der Waals surface area contributed by atoms with Gasteiger partial charge < -0.3 is 5.32 Å². The van der Waals surface area contributed by atoms with Gasteiger partial charge in [0.2, 0.25) is 0 Å². The van der Waals surface area contributed by atoms with Gasteiger partial charge in [-0.3, -0.25) is 4.90 Å². The van der Waals surface area contributed by atoms with Crippen LogP contribution in [0.3, 0.4) is 0 Å². The Kier molecular flexibility index (Phi) is 7.87. The van der Waals surface area contributed by atoms with E-state index in [0.29, 0.717) is 0 Å². The fourth-order valence-electron chi connectivity index (χ4n) is 2.66. The molecule has 1 rings (SSSR count). The first-order valence-corrected chi connectivity index (χ1v) is 7.33. The number of likely N-dealkylation sites (tertiary alicyclic amines) is 1. The number of rotatable bonds is 8. The maximum Gasteiger partial charge on any atom is 0.0110 e. The summed E-state index contributed by atoms with van der Waals surface area (Å²) in [5.41, 5.74) is 0. The molecule has 1 unspecified atom stereocenters. The van der Waals surface area contributed by atoms with Crippen LogP contribution in [0.5, 0.6) is 0 Å². The molecule has 1 atom stereocenters. The molecule has 1 aliphatic rings. The highest BCUT2D eigenvalue weighted by molar-refractivity contribution is 4.76. The predicted octanol–water partition coefficient (Wildman–Crippen LogP) is 3.03. The Morgan fingerprint density at radius 2 is 2.00 bits per heavy atom. The van der Waals surface area contributed by atoms with Crippen LogP contribution in [0.2, 0.25) is 0 Å². The first-order valence-electron chi connectivity index (χ1n) is 7.33. The van der Waals surface area contributed by atoms with E-state index in [-0.39, 0.29) is 0 Å². The Morgan fingerprint density at radius 3 is 2.75 bits per heavy atom. The van der Waals surface area contributed by atoms with Gasteiger partial charge in [0.1, 0.15) is 0 Å². The number of hydrogen-bond acceptors (Lipinski definition) is 2. The summed E-state index contributed by atoms with van der Waals surface area (Å²) < 4.78 is 0. The summed E-state index contributed by atoms with van der Waals surface area (Å²) >= 11 is 0. The number of nitrogens with zero attached hydrogens (tertiary/aromatic N) is 1. The lowest BCUT2D eigenvalue weighted by Gasteiger charge is -2.35. The van der Waals surface area contributed by atoms with Crippen molar-refractivity contribution < 1.29 is 0 Å². The third-order valence-corrected chi connectivity index (χ3v) is 3.75. The minimum atomic E-state index is 0.867. The van der Waals surface area contributed by atoms with Gasteiger partial charge >= 0.3 is 0 Å². The second-order valence-electron chi connectivity index (χ2n) is 5.05. The zero-order valence-corrected chi connectivity index (χ0v) is 11.3. The van der Waals surface area contributed by atoms with Crippen LogP contribution in [0, 0.1) is 0 Å². The number of nitrogens with one attached hydrogen (secondary N) is 1. The van der Waals surface area contributed by atoms with Gasteiger partial charge in [0.15, 0.2) is 0 Å². The van der Waals surface area contributed by atoms with Crippen molar-refractivity contribution in [1.82, 2.24) is 10.2 Å². The summed E-state index contributed by atoms with van der Waals surface area (Å²) in [7, 11) is 0. The molecule has 0 spiro atoms. The molecule has 0 saturated carbocycles. The summed E-state index contributed by atoms with van der Waals surface area (Å²) in [5.74, 6) is 0. The minimum absolute atomic E-state index is 0.867. The van der Waals surface area contributed by atoms with E-state index in [4.69, 9.17) is 0 Å². The SMILES string of the molecule is CCCCCNCCN1CCCCC1CC. The van der Waals surface area contributed by atoms with E-state index in [1.54, 1.807) is 0 Å². The van der Waals surface area contributed by atoms with Gasteiger partial charge in [-0.25, -0.2) is 0 Å². The Morgan fingerprint density at radius 1 is 1.12 bits per heavy atom. The van der Waals surface area contributed by atoms with E-state index in [1.807, 2.05) is 0 Å². The number of piperidine rings is 1. The topological polar surface area (TPSA) is 15.3 Å². The average Bonchev–Trinajstić information content (AvgIpc) is 2.34. The Balaban J connectivity index is 2.02. The van der Waals surface area contributed by atoms with Crippen LogP contribution < -0.4 is 5.32 Å². The van der Waals surface area contributed by atoms with Crippen molar-refractivity contribution in [3.05, 3.63) is 0 Å². The van der Waals surface area contributed by atoms with Gasteiger partial charge in [-0.15, -0.1) is 0 Å². The fraction of sp³-hybridized carbons (Fsp3) is 1.00. The van der Waals surface area contributed by atoms with Crippen molar-refractivity contribution in [2.45, 2.75) is 64.8 Å². The van der Waals surface area contributed by atoms with Crippen molar-refractivity contribution in [3.63, 3.8) is 0 Å². The van der Waals surface area contributed by atoms with Crippen molar-refractivity contribution in [3.8, 4) is 0 Å². The van der Waals surface area contributed by atoms with Crippen molar-refractivity contribution in [1.29, 1.82) is 0 Å². The smallest absolute Gasteiger partial charge is 0.0110 e. The zero-order chi connectivity index (χ0) is 11.6. The van der Waals surface area contributed by atoms with Gasteiger partial charge in [-0.2, -0.15) is 0 Å². The lowest BCUT2D eigenvalue weighted by molar-refractivity contribution is 0.145. The standard InChI is InChI=1S/C14H30N2/c1-3-5-7-10-15-11-13-16-12-8-6-9-14(16)4-2/h14-15H,3-13H2,1-2H3. The second-order valence-corrected chi connectivity index (χ2v) is 5.05. The first-order chi connectivity index (χ1) is 7.88. The highest BCUT2D eigenvalue weighted by Gasteiger charge is 2.19. The molecule has 0 radical (unpaired) electrons. The molecule has 0 aliphatic carbocycles. The Hall–Kier alpha value is -0.0800. The normalized spacial score (nSPS) is 22.5. The summed E-state index contributed by atoms with van der Waals surface area (Å²) in [4.78, 5) is 2.69. The number of hydrogen-bond donors (Lipinski definition) is 1. The molecule has 1 N–H and O–H groups in total. The summed E-state index contributed by atoms with van der Waals surface area (Å²) in [6, 6.07) is 0.867. The van der Waals surface area contributed by atoms with Gasteiger partial charge in [-0.1, -0.05) is 33.1 Å². The second kappa shape index (κ2) is 9.00. The maximum atomic E-state index is 3.57. The molecule has 1 saturated heterocycles. The maximum absolute atomic E-state index is 3.57. The molecule has 0 aromatic rings. The van der Waals surface area contributed by atoms with Crippen LogP contribution >= 0.6 is 0 Å². The summed E-state index contributed by atoms with van der Waals surface area (Å²) in [5, 5.41) is 3.57. The first kappa shape index (κ1) is 14.0. The molecule has 2 nitrogen and oxygen atoms in total. The van der Waals surface area contributed by atoms with Gasteiger partial charge in [-0.05, 0) is 38.8 Å². The van der Waals surface area contributed by atoms with Crippen LogP contribution in [0.1, 0.15) is 58.8 Å². The molecule has 0 bridgehead atoms. The molecule has 1 heterocycles. The molecule has 16 heavy (non-hydrogen) atoms. The predicted molar refractivity (Wildman–Crippen MR) is 71.9 cm³/mol. The Labute approximate surface area is 102 Å². The molecule has 96 valence electrons. The third kappa shape index (κ3) is 5.31. The highest BCUT2D eigenvalue weighted by atomic mass is 15.2. The van der Waals surface area contributed by atoms with Crippen molar-refractivity contribution >= 4 is 0 Å². The van der Waals surface area contributed by atoms with Crippen molar-refractivity contribution in [2.24, 2.45) is 0 Å². The van der Waals surface area contributed by atoms with Crippen LogP contribution in [-0.2, 0) is 0 Å². The molecule has 0 amide bonds. The molecular weight excluding hydrogens is 196 g/mol. The van der Waals surface area contributed by atoms with E-state index in [0.717, 1.165) is 6.04 Å². The zero-order valence-electron chi connectivity index (χ0n) is 11.3. The molecule has 2 heteroatoms. The molecule has 0 aromatic heterocycles. The minimum Gasteiger partial charge on any atom is -0.315 e. The lowest BCUT2D eigenvalue weighted by atomic mass is 10.0. The van der Waals surface area contributed by atoms with Gasteiger partial charge in [0.05, 0.1) is 0 Å². The highest BCUT2D eigenvalue weighted by Crippen LogP contribution is 2.18. The Bertz CT molecular complexity index is 159. The van der Waals surface area contributed by atoms with E-state index in [1.165, 1.54) is 71.1 Å². The van der Waals surface area contributed by atoms with Crippen LogP contribution in [-0.4, -0.2) is 37.1 Å². The van der Waals surface area contributed by atoms with E-state index in [9.17, 15) is 0 Å². The quantitative estimate of drug-likeness (QED) is 0.640. The van der Waals surface area contributed by atoms with E-state index >= 15 is 0 Å². The molecule has 1 aliphatic heterocycles. The van der Waals surface area contributed by atoms with Gasteiger partial charge in [0.25, 0.3) is 0 Å². The van der Waals surface area contributed by atoms with Crippen LogP contribution in [0.25, 0.3) is 0 Å². The monoisotopic (exact) mass is 226 g/mol. The fourth-order valence-corrected chi connectivity index (χ4v) is 2.66. The number of unbranched alkanes of at least 4 members (excludes halogenated alkanes) is 2. The van der Waals surface area contributed by atoms with E-state index < -0.39 is 0 Å². The lowest BCUT2D eigenvalue weighted by Crippen LogP contribution is -2.42. The molecule has 0 aromatic carbocycles. The summed E-state index contributed by atoms with van der Waals surface area (Å²) in [6.45, 7) is 9.57. The van der Waals surface area contributed by atoms with Crippen molar-refractivity contribution in [2.75, 3.05) is 26.2 Å².